The van der Waals surface area contributed by atoms with Gasteiger partial charge in [0.05, 0.1) is 0 Å². The summed E-state index contributed by atoms with van der Waals surface area (Å²) in [6.07, 6.45) is 0. The van der Waals surface area contributed by atoms with Gasteiger partial charge in [0.1, 0.15) is 5.82 Å². The Hall–Kier alpha value is -0.990. The summed E-state index contributed by atoms with van der Waals surface area (Å²) < 4.78 is 35.7. The van der Waals surface area contributed by atoms with E-state index in [1.165, 1.54) is 0 Å². The minimum atomic E-state index is -1.21. The summed E-state index contributed by atoms with van der Waals surface area (Å²) in [7, 11) is 0. The van der Waals surface area contributed by atoms with Crippen LogP contribution in [0.25, 0.3) is 0 Å². The lowest BCUT2D eigenvalue weighted by molar-refractivity contribution is 0.493. The molecule has 3 heteroatoms. The van der Waals surface area contributed by atoms with Crippen molar-refractivity contribution in [3.8, 4) is 0 Å². The highest BCUT2D eigenvalue weighted by atomic mass is 19.2. The fraction of sp³-hybridized carbons (Fsp3) is 0. The molecule has 0 fully saturated rings. The van der Waals surface area contributed by atoms with E-state index < -0.39 is 17.5 Å². The molecule has 0 heterocycles. The predicted octanol–water partition coefficient (Wildman–Crippen LogP) is 1.90. The molecule has 1 radical (unpaired) electrons. The van der Waals surface area contributed by atoms with Crippen LogP contribution in [-0.4, -0.2) is 0 Å². The number of hydrogen-bond donors (Lipinski definition) is 0. The van der Waals surface area contributed by atoms with Gasteiger partial charge in [-0.15, -0.1) is 0 Å². The Labute approximate surface area is 49.9 Å². The Morgan fingerprint density at radius 3 is 2.33 bits per heavy atom. The molecule has 0 aliphatic heterocycles. The molecule has 0 saturated carbocycles. The van der Waals surface area contributed by atoms with Crippen LogP contribution in [0.15, 0.2) is 12.1 Å². The minimum absolute atomic E-state index is 0.464. The highest BCUT2D eigenvalue weighted by Gasteiger charge is 2.00. The minimum Gasteiger partial charge on any atom is -0.207 e. The zero-order valence-electron chi connectivity index (χ0n) is 4.29. The second-order valence-corrected chi connectivity index (χ2v) is 1.48. The van der Waals surface area contributed by atoms with Crippen LogP contribution in [0, 0.1) is 23.5 Å². The van der Waals surface area contributed by atoms with Gasteiger partial charge >= 0.3 is 0 Å². The van der Waals surface area contributed by atoms with Gasteiger partial charge in [0.25, 0.3) is 0 Å². The first-order valence-electron chi connectivity index (χ1n) is 2.22. The normalized spacial score (nSPS) is 9.67. The van der Waals surface area contributed by atoms with E-state index in [0.717, 1.165) is 6.07 Å². The summed E-state index contributed by atoms with van der Waals surface area (Å²) in [6.45, 7) is 0. The molecular weight excluding hydrogens is 129 g/mol. The molecule has 0 spiro atoms. The molecule has 0 atom stereocenters. The Kier molecular flexibility index (Phi) is 1.42. The van der Waals surface area contributed by atoms with Gasteiger partial charge in [-0.1, -0.05) is 0 Å². The molecule has 0 aliphatic carbocycles. The standard InChI is InChI=1S/C6H2F3/c7-4-1-2-5(8)6(9)3-4/h1,3H. The molecule has 0 aliphatic rings. The quantitative estimate of drug-likeness (QED) is 0.472. The van der Waals surface area contributed by atoms with Gasteiger partial charge in [0.2, 0.25) is 0 Å². The van der Waals surface area contributed by atoms with Gasteiger partial charge in [-0.3, -0.25) is 0 Å². The number of halogens is 3. The SMILES string of the molecule is Fc1c[c]c(F)c(F)c1. The van der Waals surface area contributed by atoms with Crippen molar-refractivity contribution in [2.45, 2.75) is 0 Å². The Morgan fingerprint density at radius 1 is 1.22 bits per heavy atom. The third-order valence-corrected chi connectivity index (χ3v) is 0.811. The third kappa shape index (κ3) is 1.22. The van der Waals surface area contributed by atoms with Crippen molar-refractivity contribution in [2.75, 3.05) is 0 Å². The molecule has 0 nitrogen and oxygen atoms in total. The van der Waals surface area contributed by atoms with E-state index in [1.54, 1.807) is 6.07 Å². The van der Waals surface area contributed by atoms with Crippen molar-refractivity contribution < 1.29 is 13.2 Å². The van der Waals surface area contributed by atoms with Gasteiger partial charge in [-0.2, -0.15) is 0 Å². The highest BCUT2D eigenvalue weighted by molar-refractivity contribution is 5.06. The van der Waals surface area contributed by atoms with Crippen molar-refractivity contribution in [1.29, 1.82) is 0 Å². The summed E-state index contributed by atoms with van der Waals surface area (Å²) in [5.41, 5.74) is 0. The largest absolute Gasteiger partial charge is 0.207 e. The van der Waals surface area contributed by atoms with E-state index >= 15 is 0 Å². The van der Waals surface area contributed by atoms with E-state index in [2.05, 4.69) is 0 Å². The lowest BCUT2D eigenvalue weighted by Gasteiger charge is -1.88. The number of benzene rings is 1. The van der Waals surface area contributed by atoms with Crippen LogP contribution in [0.4, 0.5) is 13.2 Å². The van der Waals surface area contributed by atoms with Gasteiger partial charge in [-0.05, 0) is 6.07 Å². The smallest absolute Gasteiger partial charge is 0.166 e. The Morgan fingerprint density at radius 2 is 1.89 bits per heavy atom. The zero-order valence-corrected chi connectivity index (χ0v) is 4.29. The second-order valence-electron chi connectivity index (χ2n) is 1.48. The lowest BCUT2D eigenvalue weighted by atomic mass is 10.3. The van der Waals surface area contributed by atoms with E-state index in [1.807, 2.05) is 0 Å². The van der Waals surface area contributed by atoms with E-state index in [-0.39, 0.29) is 0 Å². The fourth-order valence-corrected chi connectivity index (χ4v) is 0.427. The van der Waals surface area contributed by atoms with E-state index in [9.17, 15) is 13.2 Å². The lowest BCUT2D eigenvalue weighted by Crippen LogP contribution is -1.83. The van der Waals surface area contributed by atoms with Crippen molar-refractivity contribution in [3.05, 3.63) is 35.7 Å². The van der Waals surface area contributed by atoms with Crippen molar-refractivity contribution in [3.63, 3.8) is 0 Å². The summed E-state index contributed by atoms with van der Waals surface area (Å²) >= 11 is 0. The van der Waals surface area contributed by atoms with Gasteiger partial charge in [0, 0.05) is 12.1 Å². The molecule has 9 heavy (non-hydrogen) atoms. The Bertz CT molecular complexity index is 220. The fourth-order valence-electron chi connectivity index (χ4n) is 0.427. The van der Waals surface area contributed by atoms with E-state index in [0.29, 0.717) is 6.07 Å². The first kappa shape index (κ1) is 6.13. The molecule has 1 rings (SSSR count). The van der Waals surface area contributed by atoms with Crippen molar-refractivity contribution in [1.82, 2.24) is 0 Å². The van der Waals surface area contributed by atoms with Crippen LogP contribution >= 0.6 is 0 Å². The maximum absolute atomic E-state index is 11.9. The molecular formula is C6H2F3. The molecule has 0 saturated heterocycles. The van der Waals surface area contributed by atoms with Crippen LogP contribution in [0.3, 0.4) is 0 Å². The predicted molar refractivity (Wildman–Crippen MR) is 25.2 cm³/mol. The van der Waals surface area contributed by atoms with Crippen LogP contribution < -0.4 is 0 Å². The topological polar surface area (TPSA) is 0 Å². The molecule has 1 aromatic carbocycles. The first-order chi connectivity index (χ1) is 4.20. The molecule has 0 N–H and O–H groups in total. The van der Waals surface area contributed by atoms with Crippen LogP contribution in [0.5, 0.6) is 0 Å². The maximum atomic E-state index is 11.9. The van der Waals surface area contributed by atoms with Gasteiger partial charge in [0.15, 0.2) is 11.6 Å². The van der Waals surface area contributed by atoms with Crippen LogP contribution in [-0.2, 0) is 0 Å². The van der Waals surface area contributed by atoms with Gasteiger partial charge in [-0.25, -0.2) is 13.2 Å². The van der Waals surface area contributed by atoms with E-state index in [4.69, 9.17) is 0 Å². The summed E-state index contributed by atoms with van der Waals surface area (Å²) in [5, 5.41) is 0. The molecule has 1 aromatic rings. The van der Waals surface area contributed by atoms with Crippen molar-refractivity contribution >= 4 is 0 Å². The second kappa shape index (κ2) is 2.09. The summed E-state index contributed by atoms with van der Waals surface area (Å²) in [5.74, 6) is -3.19. The van der Waals surface area contributed by atoms with Crippen molar-refractivity contribution in [2.24, 2.45) is 0 Å². The average molecular weight is 131 g/mol. The highest BCUT2D eigenvalue weighted by Crippen LogP contribution is 2.05. The monoisotopic (exact) mass is 131 g/mol. The third-order valence-electron chi connectivity index (χ3n) is 0.811. The van der Waals surface area contributed by atoms with Crippen LogP contribution in [0.2, 0.25) is 0 Å². The number of hydrogen-bond acceptors (Lipinski definition) is 0. The molecule has 0 aromatic heterocycles. The average Bonchev–Trinajstić information content (AvgIpc) is 1.80. The zero-order chi connectivity index (χ0) is 6.85. The summed E-state index contributed by atoms with van der Waals surface area (Å²) in [4.78, 5) is 0. The number of rotatable bonds is 0. The van der Waals surface area contributed by atoms with Gasteiger partial charge < -0.3 is 0 Å². The summed E-state index contributed by atoms with van der Waals surface area (Å²) in [6, 6.07) is 2.95. The molecule has 0 unspecified atom stereocenters. The molecule has 47 valence electrons. The first-order valence-corrected chi connectivity index (χ1v) is 2.22. The molecule has 0 amide bonds. The molecule has 0 bridgehead atoms. The maximum Gasteiger partial charge on any atom is 0.166 e. The van der Waals surface area contributed by atoms with Crippen LogP contribution in [0.1, 0.15) is 0 Å². The Balaban J connectivity index is 3.17.